The van der Waals surface area contributed by atoms with Gasteiger partial charge in [-0.15, -0.1) is 0 Å². The fraction of sp³-hybridized carbons (Fsp3) is 1.00. The molecule has 3 aliphatic heterocycles. The van der Waals surface area contributed by atoms with Gasteiger partial charge >= 0.3 is 0 Å². The summed E-state index contributed by atoms with van der Waals surface area (Å²) in [5, 5.41) is 6.96. The molecular formula is C11H22N4. The predicted octanol–water partition coefficient (Wildman–Crippen LogP) is -1.06. The average Bonchev–Trinajstić information content (AvgIpc) is 2.15. The van der Waals surface area contributed by atoms with Crippen molar-refractivity contribution in [2.75, 3.05) is 58.9 Å². The Kier molecular flexibility index (Phi) is 2.68. The molecule has 2 N–H and O–H groups in total. The SMILES string of the molecule is C1CN(CCN2CC3(CCN3)C2)CCN1. The summed E-state index contributed by atoms with van der Waals surface area (Å²) in [5.41, 5.74) is 0.559. The maximum Gasteiger partial charge on any atom is 0.0449 e. The van der Waals surface area contributed by atoms with Crippen LogP contribution in [0.2, 0.25) is 0 Å². The molecule has 0 aliphatic carbocycles. The molecule has 4 nitrogen and oxygen atoms in total. The summed E-state index contributed by atoms with van der Waals surface area (Å²) in [6.45, 7) is 11.2. The Labute approximate surface area is 92.0 Å². The quantitative estimate of drug-likeness (QED) is 0.622. The molecule has 0 unspecified atom stereocenters. The second-order valence-electron chi connectivity index (χ2n) is 5.26. The van der Waals surface area contributed by atoms with Crippen molar-refractivity contribution < 1.29 is 0 Å². The highest BCUT2D eigenvalue weighted by Crippen LogP contribution is 2.29. The molecular weight excluding hydrogens is 188 g/mol. The largest absolute Gasteiger partial charge is 0.314 e. The van der Waals surface area contributed by atoms with E-state index in [2.05, 4.69) is 20.4 Å². The Balaban J connectivity index is 1.33. The van der Waals surface area contributed by atoms with E-state index in [-0.39, 0.29) is 0 Å². The topological polar surface area (TPSA) is 30.5 Å². The van der Waals surface area contributed by atoms with E-state index in [0.717, 1.165) is 0 Å². The zero-order valence-corrected chi connectivity index (χ0v) is 9.47. The van der Waals surface area contributed by atoms with Gasteiger partial charge in [0.25, 0.3) is 0 Å². The van der Waals surface area contributed by atoms with Crippen LogP contribution in [0.3, 0.4) is 0 Å². The first-order chi connectivity index (χ1) is 7.36. The lowest BCUT2D eigenvalue weighted by atomic mass is 9.80. The van der Waals surface area contributed by atoms with Crippen molar-refractivity contribution in [2.24, 2.45) is 0 Å². The Morgan fingerprint density at radius 1 is 0.933 bits per heavy atom. The summed E-state index contributed by atoms with van der Waals surface area (Å²) < 4.78 is 0. The molecule has 3 heterocycles. The molecule has 0 aromatic heterocycles. The highest BCUT2D eigenvalue weighted by Gasteiger charge is 2.46. The summed E-state index contributed by atoms with van der Waals surface area (Å²) >= 11 is 0. The lowest BCUT2D eigenvalue weighted by molar-refractivity contribution is -0.0106. The third kappa shape index (κ3) is 2.04. The molecule has 0 bridgehead atoms. The molecule has 15 heavy (non-hydrogen) atoms. The van der Waals surface area contributed by atoms with Crippen LogP contribution in [0, 0.1) is 0 Å². The van der Waals surface area contributed by atoms with E-state index in [1.165, 1.54) is 65.3 Å². The lowest BCUT2D eigenvalue weighted by Crippen LogP contribution is -2.75. The number of piperazine rings is 1. The third-order valence-electron chi connectivity index (χ3n) is 4.10. The standard InChI is InChI=1S/C11H22N4/c1-2-13-11(1)9-15(10-11)8-7-14-5-3-12-4-6-14/h12-13H,1-10H2. The first-order valence-corrected chi connectivity index (χ1v) is 6.27. The van der Waals surface area contributed by atoms with Gasteiger partial charge in [0.2, 0.25) is 0 Å². The normalized spacial score (nSPS) is 31.2. The first kappa shape index (κ1) is 10.0. The fourth-order valence-electron chi connectivity index (χ4n) is 2.93. The van der Waals surface area contributed by atoms with Crippen LogP contribution in [0.15, 0.2) is 0 Å². The van der Waals surface area contributed by atoms with Gasteiger partial charge in [-0.3, -0.25) is 9.80 Å². The minimum Gasteiger partial charge on any atom is -0.314 e. The van der Waals surface area contributed by atoms with E-state index in [4.69, 9.17) is 0 Å². The van der Waals surface area contributed by atoms with Crippen LogP contribution < -0.4 is 10.6 Å². The summed E-state index contributed by atoms with van der Waals surface area (Å²) in [5.74, 6) is 0. The van der Waals surface area contributed by atoms with Crippen LogP contribution in [-0.4, -0.2) is 74.2 Å². The van der Waals surface area contributed by atoms with E-state index in [1.54, 1.807) is 0 Å². The number of nitrogens with zero attached hydrogens (tertiary/aromatic N) is 2. The molecule has 0 amide bonds. The minimum absolute atomic E-state index is 0.559. The summed E-state index contributed by atoms with van der Waals surface area (Å²) in [6.07, 6.45) is 1.40. The molecule has 0 radical (unpaired) electrons. The number of rotatable bonds is 3. The van der Waals surface area contributed by atoms with Gasteiger partial charge in [-0.25, -0.2) is 0 Å². The van der Waals surface area contributed by atoms with Gasteiger partial charge in [0.1, 0.15) is 0 Å². The zero-order chi connectivity index (χ0) is 10.1. The smallest absolute Gasteiger partial charge is 0.0449 e. The van der Waals surface area contributed by atoms with Gasteiger partial charge < -0.3 is 10.6 Å². The fourth-order valence-corrected chi connectivity index (χ4v) is 2.93. The molecule has 3 fully saturated rings. The van der Waals surface area contributed by atoms with Gasteiger partial charge in [-0.05, 0) is 13.0 Å². The number of nitrogens with one attached hydrogen (secondary N) is 2. The van der Waals surface area contributed by atoms with E-state index in [1.807, 2.05) is 0 Å². The zero-order valence-electron chi connectivity index (χ0n) is 9.47. The molecule has 1 spiro atoms. The Morgan fingerprint density at radius 2 is 1.60 bits per heavy atom. The lowest BCUT2D eigenvalue weighted by Gasteiger charge is -2.57. The monoisotopic (exact) mass is 210 g/mol. The summed E-state index contributed by atoms with van der Waals surface area (Å²) in [7, 11) is 0. The van der Waals surface area contributed by atoms with Crippen molar-refractivity contribution in [3.05, 3.63) is 0 Å². The molecule has 86 valence electrons. The summed E-state index contributed by atoms with van der Waals surface area (Å²) in [4.78, 5) is 5.17. The van der Waals surface area contributed by atoms with Crippen LogP contribution in [0.4, 0.5) is 0 Å². The Bertz CT molecular complexity index is 213. The average molecular weight is 210 g/mol. The minimum atomic E-state index is 0.559. The summed E-state index contributed by atoms with van der Waals surface area (Å²) in [6, 6.07) is 0. The van der Waals surface area contributed by atoms with Gasteiger partial charge in [0.05, 0.1) is 0 Å². The van der Waals surface area contributed by atoms with Crippen molar-refractivity contribution >= 4 is 0 Å². The number of hydrogen-bond acceptors (Lipinski definition) is 4. The van der Waals surface area contributed by atoms with Crippen molar-refractivity contribution in [3.63, 3.8) is 0 Å². The predicted molar refractivity (Wildman–Crippen MR) is 61.1 cm³/mol. The van der Waals surface area contributed by atoms with Gasteiger partial charge in [0.15, 0.2) is 0 Å². The Hall–Kier alpha value is -0.160. The molecule has 0 atom stereocenters. The molecule has 3 aliphatic rings. The van der Waals surface area contributed by atoms with E-state index >= 15 is 0 Å². The van der Waals surface area contributed by atoms with Crippen LogP contribution in [0.25, 0.3) is 0 Å². The van der Waals surface area contributed by atoms with Crippen molar-refractivity contribution in [2.45, 2.75) is 12.0 Å². The molecule has 0 aromatic carbocycles. The highest BCUT2D eigenvalue weighted by molar-refractivity contribution is 5.08. The van der Waals surface area contributed by atoms with Gasteiger partial charge in [-0.1, -0.05) is 0 Å². The highest BCUT2D eigenvalue weighted by atomic mass is 15.3. The van der Waals surface area contributed by atoms with Crippen LogP contribution in [0.5, 0.6) is 0 Å². The molecule has 4 heteroatoms. The second kappa shape index (κ2) is 4.01. The van der Waals surface area contributed by atoms with Crippen molar-refractivity contribution in [1.82, 2.24) is 20.4 Å². The maximum atomic E-state index is 3.56. The van der Waals surface area contributed by atoms with E-state index in [9.17, 15) is 0 Å². The molecule has 3 rings (SSSR count). The Morgan fingerprint density at radius 3 is 2.20 bits per heavy atom. The molecule has 0 saturated carbocycles. The second-order valence-corrected chi connectivity index (χ2v) is 5.26. The van der Waals surface area contributed by atoms with E-state index in [0.29, 0.717) is 5.54 Å². The number of hydrogen-bond donors (Lipinski definition) is 2. The number of likely N-dealkylation sites (tertiary alicyclic amines) is 1. The van der Waals surface area contributed by atoms with Crippen LogP contribution in [-0.2, 0) is 0 Å². The van der Waals surface area contributed by atoms with Gasteiger partial charge in [-0.2, -0.15) is 0 Å². The van der Waals surface area contributed by atoms with Crippen molar-refractivity contribution in [3.8, 4) is 0 Å². The molecule has 0 aromatic rings. The van der Waals surface area contributed by atoms with Crippen LogP contribution in [0.1, 0.15) is 6.42 Å². The first-order valence-electron chi connectivity index (χ1n) is 6.27. The third-order valence-corrected chi connectivity index (χ3v) is 4.10. The van der Waals surface area contributed by atoms with E-state index < -0.39 is 0 Å². The maximum absolute atomic E-state index is 3.56. The van der Waals surface area contributed by atoms with Crippen LogP contribution >= 0.6 is 0 Å². The van der Waals surface area contributed by atoms with Crippen molar-refractivity contribution in [1.29, 1.82) is 0 Å². The molecule has 3 saturated heterocycles. The van der Waals surface area contributed by atoms with Gasteiger partial charge in [0, 0.05) is 57.9 Å².